The van der Waals surface area contributed by atoms with E-state index in [1.807, 2.05) is 0 Å². The van der Waals surface area contributed by atoms with E-state index in [0.717, 1.165) is 32.9 Å². The van der Waals surface area contributed by atoms with Crippen LogP contribution >= 0.6 is 0 Å². The van der Waals surface area contributed by atoms with Crippen LogP contribution in [0.5, 0.6) is 0 Å². The number of halogens is 2. The smallest absolute Gasteiger partial charge is 0.414 e. The molecule has 2 aliphatic heterocycles. The Bertz CT molecular complexity index is 2140. The number of nitrogen functional groups attached to an aromatic ring is 1. The molecule has 0 aliphatic carbocycles. The number of nitrogens with two attached hydrogens (primary N) is 1. The number of carbonyl (C=O) groups is 2. The van der Waals surface area contributed by atoms with Gasteiger partial charge in [0.25, 0.3) is 5.69 Å². The molecule has 23 heteroatoms. The highest BCUT2D eigenvalue weighted by Gasteiger charge is 2.45. The standard InChI is InChI=1S/C16H21FN4O6S.C16H23FN4O4S.C2H6O/c1-15(2,3)27-14(22)18-13-19-16(4,9-28(25,26)20(13)5)11-8-10(21(23)24)6-7-12(11)17;1-15(2,3)25-14(22)19-13-20-16(4,9-26(23,24)21(13)5)11-8-10(18)6-7-12(11)17;1-2-3/h6-8H,9H2,1-5H3,(H,18,19,22);6-8H,9,18H2,1-5H3,(H,19,20,22);3H,2H2,1H3/t2*16-;/m00./s1. The van der Waals surface area contributed by atoms with Gasteiger partial charge in [0.15, 0.2) is 0 Å². The highest BCUT2D eigenvalue weighted by atomic mass is 32.2. The third-order valence-corrected chi connectivity index (χ3v) is 11.5. The van der Waals surface area contributed by atoms with Crippen molar-refractivity contribution in [3.63, 3.8) is 0 Å². The monoisotopic (exact) mass is 848 g/mol. The summed E-state index contributed by atoms with van der Waals surface area (Å²) in [5.74, 6) is -3.25. The molecule has 2 aromatic carbocycles. The SMILES string of the molecule is CCO.CN1C(NC(=O)OC(C)(C)C)=N[C@](C)(c2cc(N)ccc2F)CS1(=O)=O.CN1C(NC(=O)OC(C)(C)C)=N[C@](C)(c2cc([N+](=O)[O-])ccc2F)CS1(=O)=O. The molecular weight excluding hydrogens is 799 g/mol. The molecule has 2 aromatic rings. The summed E-state index contributed by atoms with van der Waals surface area (Å²) in [4.78, 5) is 42.8. The van der Waals surface area contributed by atoms with Crippen LogP contribution in [-0.2, 0) is 40.6 Å². The van der Waals surface area contributed by atoms with Gasteiger partial charge in [-0.05, 0) is 86.6 Å². The van der Waals surface area contributed by atoms with Crippen LogP contribution < -0.4 is 16.4 Å². The van der Waals surface area contributed by atoms with Crippen LogP contribution in [0, 0.1) is 21.7 Å². The number of anilines is 1. The number of rotatable bonds is 3. The summed E-state index contributed by atoms with van der Waals surface area (Å²) in [5, 5.41) is 23.2. The van der Waals surface area contributed by atoms with E-state index in [9.17, 15) is 45.3 Å². The third-order valence-electron chi connectivity index (χ3n) is 7.60. The Morgan fingerprint density at radius 1 is 0.842 bits per heavy atom. The first-order valence-corrected chi connectivity index (χ1v) is 20.3. The van der Waals surface area contributed by atoms with Crippen LogP contribution in [0.25, 0.3) is 0 Å². The number of nitrogens with one attached hydrogen (secondary N) is 2. The molecule has 2 heterocycles. The maximum Gasteiger partial charge on any atom is 0.414 e. The molecule has 2 atom stereocenters. The van der Waals surface area contributed by atoms with Crippen LogP contribution in [0.15, 0.2) is 46.4 Å². The van der Waals surface area contributed by atoms with Gasteiger partial charge in [-0.1, -0.05) is 0 Å². The van der Waals surface area contributed by atoms with E-state index in [1.165, 1.54) is 40.1 Å². The van der Waals surface area contributed by atoms with E-state index in [1.54, 1.807) is 48.5 Å². The zero-order valence-corrected chi connectivity index (χ0v) is 35.1. The molecule has 0 aromatic heterocycles. The van der Waals surface area contributed by atoms with Gasteiger partial charge in [-0.2, -0.15) is 0 Å². The Hall–Kier alpha value is -5.16. The van der Waals surface area contributed by atoms with E-state index in [4.69, 9.17) is 20.3 Å². The zero-order valence-electron chi connectivity index (χ0n) is 33.5. The number of carbonyl (C=O) groups excluding carboxylic acids is 2. The van der Waals surface area contributed by atoms with Gasteiger partial charge in [-0.3, -0.25) is 20.7 Å². The first-order valence-electron chi connectivity index (χ1n) is 17.0. The molecule has 2 amide bonds. The predicted octanol–water partition coefficient (Wildman–Crippen LogP) is 3.88. The van der Waals surface area contributed by atoms with Crippen molar-refractivity contribution in [2.75, 3.05) is 37.9 Å². The molecule has 0 saturated carbocycles. The van der Waals surface area contributed by atoms with Crippen molar-refractivity contribution in [2.24, 2.45) is 9.98 Å². The predicted molar refractivity (Wildman–Crippen MR) is 208 cm³/mol. The first-order chi connectivity index (χ1) is 25.8. The summed E-state index contributed by atoms with van der Waals surface area (Å²) < 4.78 is 90.8. The number of sulfonamides is 2. The lowest BCUT2D eigenvalue weighted by atomic mass is 9.93. The summed E-state index contributed by atoms with van der Waals surface area (Å²) in [6.45, 7) is 14.6. The number of amides is 2. The minimum atomic E-state index is -4.01. The molecular formula is C34H50F2N8O11S2. The van der Waals surface area contributed by atoms with Crippen molar-refractivity contribution < 1.29 is 54.7 Å². The number of aliphatic hydroxyl groups is 1. The lowest BCUT2D eigenvalue weighted by molar-refractivity contribution is -0.385. The second-order valence-electron chi connectivity index (χ2n) is 15.1. The largest absolute Gasteiger partial charge is 0.444 e. The molecule has 0 saturated heterocycles. The van der Waals surface area contributed by atoms with Gasteiger partial charge in [0.05, 0.1) is 16.4 Å². The highest BCUT2D eigenvalue weighted by Crippen LogP contribution is 2.36. The number of ether oxygens (including phenoxy) is 2. The van der Waals surface area contributed by atoms with E-state index in [-0.39, 0.29) is 35.3 Å². The van der Waals surface area contributed by atoms with Crippen molar-refractivity contribution in [3.05, 3.63) is 69.3 Å². The van der Waals surface area contributed by atoms with Gasteiger partial charge in [0, 0.05) is 49.6 Å². The van der Waals surface area contributed by atoms with Crippen LogP contribution in [0.1, 0.15) is 73.4 Å². The number of aliphatic hydroxyl groups excluding tert-OH is 1. The van der Waals surface area contributed by atoms with Crippen LogP contribution in [-0.4, -0.2) is 103 Å². The molecule has 0 unspecified atom stereocenters. The number of benzene rings is 2. The molecule has 0 bridgehead atoms. The number of nitro benzene ring substituents is 1. The normalized spacial score (nSPS) is 21.2. The van der Waals surface area contributed by atoms with Gasteiger partial charge in [-0.25, -0.2) is 53.8 Å². The average molecular weight is 849 g/mol. The van der Waals surface area contributed by atoms with Crippen molar-refractivity contribution >= 4 is 55.5 Å². The summed E-state index contributed by atoms with van der Waals surface area (Å²) in [6, 6.07) is 6.64. The number of aliphatic imine (C=N–C) groups is 2. The molecule has 0 spiro atoms. The van der Waals surface area contributed by atoms with Gasteiger partial charge in [0.1, 0.15) is 33.9 Å². The van der Waals surface area contributed by atoms with E-state index >= 15 is 0 Å². The number of nitro groups is 1. The maximum absolute atomic E-state index is 14.4. The van der Waals surface area contributed by atoms with Crippen molar-refractivity contribution in [1.82, 2.24) is 19.2 Å². The molecule has 19 nitrogen and oxygen atoms in total. The second kappa shape index (κ2) is 17.5. The van der Waals surface area contributed by atoms with Crippen LogP contribution in [0.3, 0.4) is 0 Å². The molecule has 318 valence electrons. The Morgan fingerprint density at radius 3 is 1.54 bits per heavy atom. The fourth-order valence-electron chi connectivity index (χ4n) is 5.11. The molecule has 4 rings (SSSR count). The number of hydrogen-bond acceptors (Lipinski definition) is 14. The summed E-state index contributed by atoms with van der Waals surface area (Å²) in [6.07, 6.45) is -1.81. The Balaban J connectivity index is 0.000000369. The Morgan fingerprint density at radius 2 is 1.19 bits per heavy atom. The summed E-state index contributed by atoms with van der Waals surface area (Å²) >= 11 is 0. The van der Waals surface area contributed by atoms with E-state index in [2.05, 4.69) is 20.6 Å². The maximum atomic E-state index is 14.4. The van der Waals surface area contributed by atoms with Gasteiger partial charge >= 0.3 is 12.2 Å². The quantitative estimate of drug-likeness (QED) is 0.195. The van der Waals surface area contributed by atoms with Gasteiger partial charge in [-0.15, -0.1) is 0 Å². The van der Waals surface area contributed by atoms with Crippen molar-refractivity contribution in [1.29, 1.82) is 0 Å². The van der Waals surface area contributed by atoms with E-state index < -0.39 is 88.3 Å². The molecule has 0 radical (unpaired) electrons. The number of nitrogens with zero attached hydrogens (tertiary/aromatic N) is 5. The Kier molecular flexibility index (Phi) is 14.8. The second-order valence-corrected chi connectivity index (χ2v) is 19.1. The topological polar surface area (TPSA) is 266 Å². The Labute approximate surface area is 330 Å². The molecule has 2 aliphatic rings. The number of alkyl carbamates (subject to hydrolysis) is 2. The number of guanidine groups is 2. The summed E-state index contributed by atoms with van der Waals surface area (Å²) in [7, 11) is -5.44. The van der Waals surface area contributed by atoms with Crippen LogP contribution in [0.2, 0.25) is 0 Å². The number of hydrogen-bond donors (Lipinski definition) is 4. The van der Waals surface area contributed by atoms with Crippen molar-refractivity contribution in [2.45, 2.75) is 84.6 Å². The zero-order chi connectivity index (χ0) is 44.1. The van der Waals surface area contributed by atoms with E-state index in [0.29, 0.717) is 0 Å². The fraction of sp³-hybridized carbons (Fsp3) is 0.529. The summed E-state index contributed by atoms with van der Waals surface area (Å²) in [5.41, 5.74) is 0.536. The van der Waals surface area contributed by atoms with Gasteiger partial charge in [0.2, 0.25) is 32.0 Å². The minimum absolute atomic E-state index is 0.0256. The third kappa shape index (κ3) is 12.9. The lowest BCUT2D eigenvalue weighted by Gasteiger charge is -2.36. The van der Waals surface area contributed by atoms with Gasteiger partial charge < -0.3 is 20.3 Å². The highest BCUT2D eigenvalue weighted by molar-refractivity contribution is 7.90. The molecule has 0 fully saturated rings. The fourth-order valence-corrected chi connectivity index (χ4v) is 8.06. The first kappa shape index (κ1) is 48.0. The average Bonchev–Trinajstić information content (AvgIpc) is 3.02. The van der Waals surface area contributed by atoms with Crippen molar-refractivity contribution in [3.8, 4) is 0 Å². The van der Waals surface area contributed by atoms with Crippen LogP contribution in [0.4, 0.5) is 29.7 Å². The molecule has 5 N–H and O–H groups in total. The minimum Gasteiger partial charge on any atom is -0.444 e. The number of non-ortho nitro benzene ring substituents is 1. The molecule has 57 heavy (non-hydrogen) atoms. The lowest BCUT2D eigenvalue weighted by Crippen LogP contribution is -2.54.